The minimum atomic E-state index is 0.250. The average Bonchev–Trinajstić information content (AvgIpc) is 1.75. The SMILES string of the molecule is CC.CCO.CCO. The van der Waals surface area contributed by atoms with E-state index in [1.165, 1.54) is 0 Å². The molecule has 0 bridgehead atoms. The van der Waals surface area contributed by atoms with Gasteiger partial charge in [-0.05, 0) is 13.8 Å². The summed E-state index contributed by atoms with van der Waals surface area (Å²) < 4.78 is 0. The zero-order valence-electron chi connectivity index (χ0n) is 6.31. The quantitative estimate of drug-likeness (QED) is 0.503. The van der Waals surface area contributed by atoms with E-state index in [1.807, 2.05) is 13.8 Å². The highest BCUT2D eigenvalue weighted by Gasteiger charge is 1.34. The second-order valence-electron chi connectivity index (χ2n) is 0.632. The van der Waals surface area contributed by atoms with Crippen molar-refractivity contribution >= 4 is 0 Å². The van der Waals surface area contributed by atoms with E-state index in [9.17, 15) is 0 Å². The van der Waals surface area contributed by atoms with Crippen LogP contribution in [-0.2, 0) is 0 Å². The molecule has 0 amide bonds. The zero-order valence-corrected chi connectivity index (χ0v) is 6.31. The van der Waals surface area contributed by atoms with E-state index >= 15 is 0 Å². The Balaban J connectivity index is -0.0000000483. The molecule has 0 saturated carbocycles. The van der Waals surface area contributed by atoms with Gasteiger partial charge in [-0.25, -0.2) is 0 Å². The highest BCUT2D eigenvalue weighted by Crippen LogP contribution is 1.30. The molecular weight excluding hydrogens is 104 g/mol. The molecular formula is C6H18O2. The summed E-state index contributed by atoms with van der Waals surface area (Å²) >= 11 is 0. The first kappa shape index (κ1) is 15.7. The molecule has 0 radical (unpaired) electrons. The van der Waals surface area contributed by atoms with Crippen molar-refractivity contribution in [3.05, 3.63) is 0 Å². The van der Waals surface area contributed by atoms with Crippen molar-refractivity contribution in [3.8, 4) is 0 Å². The predicted octanol–water partition coefficient (Wildman–Crippen LogP) is 1.02. The summed E-state index contributed by atoms with van der Waals surface area (Å²) in [5.74, 6) is 0. The number of aliphatic hydroxyl groups is 2. The molecule has 0 spiro atoms. The molecule has 0 saturated heterocycles. The van der Waals surface area contributed by atoms with Crippen molar-refractivity contribution in [1.82, 2.24) is 0 Å². The molecule has 0 aromatic carbocycles. The minimum Gasteiger partial charge on any atom is -0.397 e. The fourth-order valence-electron chi connectivity index (χ4n) is 0. The monoisotopic (exact) mass is 122 g/mol. The molecule has 0 rings (SSSR count). The molecule has 54 valence electrons. The number of hydrogen-bond acceptors (Lipinski definition) is 2. The first-order valence-corrected chi connectivity index (χ1v) is 3.05. The molecule has 2 nitrogen and oxygen atoms in total. The van der Waals surface area contributed by atoms with Crippen molar-refractivity contribution in [1.29, 1.82) is 0 Å². The smallest absolute Gasteiger partial charge is 0.0402 e. The fraction of sp³-hybridized carbons (Fsp3) is 1.00. The van der Waals surface area contributed by atoms with Gasteiger partial charge in [0.2, 0.25) is 0 Å². The summed E-state index contributed by atoms with van der Waals surface area (Å²) in [6, 6.07) is 0. The summed E-state index contributed by atoms with van der Waals surface area (Å²) in [6.45, 7) is 7.86. The maximum absolute atomic E-state index is 7.57. The molecule has 0 aromatic rings. The van der Waals surface area contributed by atoms with Gasteiger partial charge in [0.15, 0.2) is 0 Å². The Morgan fingerprint density at radius 1 is 0.875 bits per heavy atom. The Kier molecular flexibility index (Phi) is 129. The third kappa shape index (κ3) is 22400. The normalized spacial score (nSPS) is 5.25. The minimum absolute atomic E-state index is 0.250. The molecule has 0 fully saturated rings. The Hall–Kier alpha value is -0.0800. The topological polar surface area (TPSA) is 40.5 Å². The van der Waals surface area contributed by atoms with Crippen LogP contribution in [-0.4, -0.2) is 23.4 Å². The summed E-state index contributed by atoms with van der Waals surface area (Å²) in [5, 5.41) is 15.1. The Labute approximate surface area is 52.2 Å². The lowest BCUT2D eigenvalue weighted by Crippen LogP contribution is -1.57. The van der Waals surface area contributed by atoms with E-state index in [1.54, 1.807) is 13.8 Å². The van der Waals surface area contributed by atoms with Crippen LogP contribution >= 0.6 is 0 Å². The lowest BCUT2D eigenvalue weighted by Gasteiger charge is -1.52. The van der Waals surface area contributed by atoms with E-state index in [2.05, 4.69) is 0 Å². The van der Waals surface area contributed by atoms with Crippen molar-refractivity contribution in [3.63, 3.8) is 0 Å². The molecule has 0 aliphatic rings. The van der Waals surface area contributed by atoms with Crippen LogP contribution in [0.5, 0.6) is 0 Å². The predicted molar refractivity (Wildman–Crippen MR) is 36.9 cm³/mol. The van der Waals surface area contributed by atoms with Crippen molar-refractivity contribution in [2.45, 2.75) is 27.7 Å². The maximum atomic E-state index is 7.57. The summed E-state index contributed by atoms with van der Waals surface area (Å²) in [6.07, 6.45) is 0. The fourth-order valence-corrected chi connectivity index (χ4v) is 0. The van der Waals surface area contributed by atoms with E-state index in [0.29, 0.717) is 0 Å². The van der Waals surface area contributed by atoms with Crippen LogP contribution in [0.2, 0.25) is 0 Å². The Morgan fingerprint density at radius 2 is 0.875 bits per heavy atom. The summed E-state index contributed by atoms with van der Waals surface area (Å²) in [7, 11) is 0. The van der Waals surface area contributed by atoms with Crippen LogP contribution in [0.4, 0.5) is 0 Å². The molecule has 0 aliphatic carbocycles. The molecule has 0 atom stereocenters. The average molecular weight is 122 g/mol. The number of rotatable bonds is 0. The van der Waals surface area contributed by atoms with Gasteiger partial charge in [0, 0.05) is 13.2 Å². The maximum Gasteiger partial charge on any atom is 0.0402 e. The van der Waals surface area contributed by atoms with Crippen LogP contribution in [0.15, 0.2) is 0 Å². The third-order valence-corrected chi connectivity index (χ3v) is 0. The van der Waals surface area contributed by atoms with Gasteiger partial charge >= 0.3 is 0 Å². The van der Waals surface area contributed by atoms with Crippen LogP contribution in [0.3, 0.4) is 0 Å². The van der Waals surface area contributed by atoms with Crippen LogP contribution < -0.4 is 0 Å². The van der Waals surface area contributed by atoms with Crippen molar-refractivity contribution in [2.75, 3.05) is 13.2 Å². The van der Waals surface area contributed by atoms with Gasteiger partial charge in [-0.1, -0.05) is 13.8 Å². The molecule has 0 aliphatic heterocycles. The van der Waals surface area contributed by atoms with Gasteiger partial charge < -0.3 is 10.2 Å². The van der Waals surface area contributed by atoms with Gasteiger partial charge in [0.25, 0.3) is 0 Å². The van der Waals surface area contributed by atoms with Crippen molar-refractivity contribution < 1.29 is 10.2 Å². The highest BCUT2D eigenvalue weighted by molar-refractivity contribution is 3.84. The molecule has 2 N–H and O–H groups in total. The summed E-state index contributed by atoms with van der Waals surface area (Å²) in [4.78, 5) is 0. The molecule has 0 heterocycles. The van der Waals surface area contributed by atoms with Gasteiger partial charge in [-0.3, -0.25) is 0 Å². The van der Waals surface area contributed by atoms with Crippen LogP contribution in [0, 0.1) is 0 Å². The van der Waals surface area contributed by atoms with Crippen LogP contribution in [0.1, 0.15) is 27.7 Å². The van der Waals surface area contributed by atoms with E-state index in [0.717, 1.165) is 0 Å². The lowest BCUT2D eigenvalue weighted by atomic mass is 10.9. The Bertz CT molecular complexity index is 8.49. The molecule has 0 unspecified atom stereocenters. The van der Waals surface area contributed by atoms with Crippen molar-refractivity contribution in [2.24, 2.45) is 0 Å². The van der Waals surface area contributed by atoms with Gasteiger partial charge in [-0.2, -0.15) is 0 Å². The van der Waals surface area contributed by atoms with E-state index < -0.39 is 0 Å². The second-order valence-corrected chi connectivity index (χ2v) is 0.632. The highest BCUT2D eigenvalue weighted by atomic mass is 16.3. The van der Waals surface area contributed by atoms with Gasteiger partial charge in [0.1, 0.15) is 0 Å². The van der Waals surface area contributed by atoms with Crippen LogP contribution in [0.25, 0.3) is 0 Å². The Morgan fingerprint density at radius 3 is 0.875 bits per heavy atom. The first-order chi connectivity index (χ1) is 3.83. The summed E-state index contributed by atoms with van der Waals surface area (Å²) in [5.41, 5.74) is 0. The third-order valence-electron chi connectivity index (χ3n) is 0. The number of hydrogen-bond donors (Lipinski definition) is 2. The zero-order chi connectivity index (χ0) is 7.41. The largest absolute Gasteiger partial charge is 0.397 e. The first-order valence-electron chi connectivity index (χ1n) is 3.05. The lowest BCUT2D eigenvalue weighted by molar-refractivity contribution is 0.318. The molecule has 8 heavy (non-hydrogen) atoms. The van der Waals surface area contributed by atoms with E-state index in [4.69, 9.17) is 10.2 Å². The molecule has 0 aromatic heterocycles. The molecule has 2 heteroatoms. The van der Waals surface area contributed by atoms with Gasteiger partial charge in [0.05, 0.1) is 0 Å². The van der Waals surface area contributed by atoms with Gasteiger partial charge in [-0.15, -0.1) is 0 Å². The van der Waals surface area contributed by atoms with E-state index in [-0.39, 0.29) is 13.2 Å². The number of aliphatic hydroxyl groups excluding tert-OH is 2. The second kappa shape index (κ2) is 65.8. The standard InChI is InChI=1S/2C2H6O.C2H6/c2*1-2-3;1-2/h2*3H,2H2,1H3;1-2H3.